The maximum absolute atomic E-state index is 2.34. The van der Waals surface area contributed by atoms with Crippen molar-refractivity contribution in [1.82, 2.24) is 0 Å². The largest absolute Gasteiger partial charge is 0.162 e. The molecule has 0 fully saturated rings. The van der Waals surface area contributed by atoms with E-state index in [4.69, 9.17) is 0 Å². The summed E-state index contributed by atoms with van der Waals surface area (Å²) in [6, 6.07) is 0. The highest BCUT2D eigenvalue weighted by atomic mass is 32.2. The second-order valence-corrected chi connectivity index (χ2v) is 6.87. The van der Waals surface area contributed by atoms with Crippen LogP contribution in [0.3, 0.4) is 0 Å². The van der Waals surface area contributed by atoms with E-state index in [9.17, 15) is 0 Å². The Morgan fingerprint density at radius 3 is 2.55 bits per heavy atom. The van der Waals surface area contributed by atoms with E-state index in [1.165, 1.54) is 76.4 Å². The van der Waals surface area contributed by atoms with Gasteiger partial charge in [0.2, 0.25) is 0 Å². The first-order chi connectivity index (χ1) is 9.85. The van der Waals surface area contributed by atoms with Gasteiger partial charge < -0.3 is 0 Å². The number of allylic oxidation sites excluding steroid dienone is 4. The molecule has 116 valence electrons. The molecule has 0 aliphatic rings. The van der Waals surface area contributed by atoms with Crippen molar-refractivity contribution in [1.29, 1.82) is 0 Å². The highest BCUT2D eigenvalue weighted by Gasteiger charge is 1.98. The van der Waals surface area contributed by atoms with Crippen LogP contribution in [0.1, 0.15) is 65.7 Å². The SMILES string of the molecule is C/C=C\CCC/C(=C\C)CCBCCCCCSCC. The molecule has 0 unspecified atom stereocenters. The van der Waals surface area contributed by atoms with Gasteiger partial charge in [0.15, 0.2) is 0 Å². The first-order valence-electron chi connectivity index (χ1n) is 8.68. The standard InChI is InChI=1S/C18H35BS/c1-4-7-8-10-13-18(5-2)14-16-19-15-11-9-12-17-20-6-3/h4-5,7,19H,6,8-17H2,1-3H3/b7-4-,18-5+. The summed E-state index contributed by atoms with van der Waals surface area (Å²) in [7, 11) is 1.42. The summed E-state index contributed by atoms with van der Waals surface area (Å²) >= 11 is 2.08. The minimum absolute atomic E-state index is 1.24. The number of unbranched alkanes of at least 4 members (excludes halogenated alkanes) is 3. The van der Waals surface area contributed by atoms with Crippen molar-refractivity contribution in [3.05, 3.63) is 23.8 Å². The van der Waals surface area contributed by atoms with Gasteiger partial charge in [-0.25, -0.2) is 0 Å². The van der Waals surface area contributed by atoms with Gasteiger partial charge in [0.05, 0.1) is 0 Å². The Hall–Kier alpha value is -0.105. The van der Waals surface area contributed by atoms with Gasteiger partial charge in [0.1, 0.15) is 7.28 Å². The molecule has 0 rings (SSSR count). The third-order valence-corrected chi connectivity index (χ3v) is 4.74. The molecule has 0 aromatic heterocycles. The van der Waals surface area contributed by atoms with Crippen LogP contribution < -0.4 is 0 Å². The van der Waals surface area contributed by atoms with Crippen LogP contribution in [0.2, 0.25) is 12.6 Å². The zero-order valence-electron chi connectivity index (χ0n) is 14.1. The quantitative estimate of drug-likeness (QED) is 0.207. The minimum atomic E-state index is 1.24. The molecule has 2 heteroatoms. The molecule has 0 saturated carbocycles. The molecule has 0 bridgehead atoms. The van der Waals surface area contributed by atoms with Gasteiger partial charge in [0.25, 0.3) is 0 Å². The van der Waals surface area contributed by atoms with Gasteiger partial charge in [-0.2, -0.15) is 11.8 Å². The molecule has 20 heavy (non-hydrogen) atoms. The lowest BCUT2D eigenvalue weighted by Crippen LogP contribution is -1.93. The molecule has 0 aliphatic heterocycles. The molecule has 0 aromatic carbocycles. The first kappa shape index (κ1) is 19.9. The summed E-state index contributed by atoms with van der Waals surface area (Å²) in [6.07, 6.45) is 19.1. The Kier molecular flexibility index (Phi) is 16.9. The van der Waals surface area contributed by atoms with Crippen molar-refractivity contribution in [3.63, 3.8) is 0 Å². The predicted octanol–water partition coefficient (Wildman–Crippen LogP) is 6.27. The molecule has 0 saturated heterocycles. The zero-order valence-corrected chi connectivity index (χ0v) is 14.9. The van der Waals surface area contributed by atoms with E-state index in [1.807, 2.05) is 0 Å². The van der Waals surface area contributed by atoms with Gasteiger partial charge in [-0.15, -0.1) is 0 Å². The molecular weight excluding hydrogens is 259 g/mol. The fourth-order valence-corrected chi connectivity index (χ4v) is 3.13. The number of hydrogen-bond donors (Lipinski definition) is 0. The Morgan fingerprint density at radius 1 is 1.00 bits per heavy atom. The van der Waals surface area contributed by atoms with Gasteiger partial charge >= 0.3 is 0 Å². The summed E-state index contributed by atoms with van der Waals surface area (Å²) in [5.41, 5.74) is 1.67. The average Bonchev–Trinajstić information content (AvgIpc) is 2.47. The van der Waals surface area contributed by atoms with E-state index >= 15 is 0 Å². The lowest BCUT2D eigenvalue weighted by molar-refractivity contribution is 0.771. The molecule has 0 N–H and O–H groups in total. The molecule has 0 heterocycles. The lowest BCUT2D eigenvalue weighted by atomic mass is 9.68. The summed E-state index contributed by atoms with van der Waals surface area (Å²) in [5.74, 6) is 2.64. The summed E-state index contributed by atoms with van der Waals surface area (Å²) < 4.78 is 0. The second-order valence-electron chi connectivity index (χ2n) is 5.48. The van der Waals surface area contributed by atoms with Crippen LogP contribution in [0, 0.1) is 0 Å². The summed E-state index contributed by atoms with van der Waals surface area (Å²) in [4.78, 5) is 0. The number of thioether (sulfide) groups is 1. The topological polar surface area (TPSA) is 0 Å². The van der Waals surface area contributed by atoms with Crippen molar-refractivity contribution in [2.75, 3.05) is 11.5 Å². The van der Waals surface area contributed by atoms with Crippen LogP contribution in [-0.4, -0.2) is 18.8 Å². The fraction of sp³-hybridized carbons (Fsp3) is 0.778. The van der Waals surface area contributed by atoms with Crippen molar-refractivity contribution < 1.29 is 0 Å². The lowest BCUT2D eigenvalue weighted by Gasteiger charge is -2.06. The Morgan fingerprint density at radius 2 is 1.85 bits per heavy atom. The fourth-order valence-electron chi connectivity index (χ4n) is 2.43. The number of hydrogen-bond acceptors (Lipinski definition) is 1. The third kappa shape index (κ3) is 14.3. The zero-order chi connectivity index (χ0) is 14.9. The van der Waals surface area contributed by atoms with Crippen LogP contribution in [0.5, 0.6) is 0 Å². The molecular formula is C18H35BS. The smallest absolute Gasteiger partial charge is 0.120 e. The summed E-state index contributed by atoms with van der Waals surface area (Å²) in [5, 5.41) is 0. The molecule has 0 amide bonds. The number of rotatable bonds is 14. The molecule has 0 aromatic rings. The van der Waals surface area contributed by atoms with Gasteiger partial charge in [-0.3, -0.25) is 0 Å². The normalized spacial score (nSPS) is 12.2. The molecule has 0 radical (unpaired) electrons. The van der Waals surface area contributed by atoms with E-state index in [1.54, 1.807) is 5.57 Å². The van der Waals surface area contributed by atoms with E-state index in [-0.39, 0.29) is 0 Å². The first-order valence-corrected chi connectivity index (χ1v) is 9.83. The molecule has 0 atom stereocenters. The minimum Gasteiger partial charge on any atom is -0.162 e. The van der Waals surface area contributed by atoms with Gasteiger partial charge in [-0.05, 0) is 57.5 Å². The van der Waals surface area contributed by atoms with Crippen molar-refractivity contribution in [2.45, 2.75) is 78.4 Å². The Bertz CT molecular complexity index is 246. The third-order valence-electron chi connectivity index (χ3n) is 3.75. The molecule has 0 nitrogen and oxygen atoms in total. The van der Waals surface area contributed by atoms with Crippen molar-refractivity contribution in [2.24, 2.45) is 0 Å². The van der Waals surface area contributed by atoms with E-state index in [0.29, 0.717) is 0 Å². The monoisotopic (exact) mass is 294 g/mol. The van der Waals surface area contributed by atoms with Crippen molar-refractivity contribution in [3.8, 4) is 0 Å². The van der Waals surface area contributed by atoms with Crippen LogP contribution in [0.4, 0.5) is 0 Å². The van der Waals surface area contributed by atoms with Gasteiger partial charge in [-0.1, -0.05) is 56.2 Å². The van der Waals surface area contributed by atoms with E-state index in [0.717, 1.165) is 0 Å². The Balaban J connectivity index is 3.34. The maximum atomic E-state index is 2.34. The van der Waals surface area contributed by atoms with Crippen LogP contribution in [-0.2, 0) is 0 Å². The molecule has 0 aliphatic carbocycles. The van der Waals surface area contributed by atoms with Gasteiger partial charge in [0, 0.05) is 0 Å². The highest BCUT2D eigenvalue weighted by Crippen LogP contribution is 2.15. The predicted molar refractivity (Wildman–Crippen MR) is 101 cm³/mol. The highest BCUT2D eigenvalue weighted by molar-refractivity contribution is 7.99. The second kappa shape index (κ2) is 16.9. The van der Waals surface area contributed by atoms with E-state index < -0.39 is 0 Å². The maximum Gasteiger partial charge on any atom is 0.120 e. The van der Waals surface area contributed by atoms with Crippen LogP contribution >= 0.6 is 11.8 Å². The van der Waals surface area contributed by atoms with Crippen LogP contribution in [0.25, 0.3) is 0 Å². The Labute approximate surface area is 133 Å². The molecule has 0 spiro atoms. The average molecular weight is 294 g/mol. The van der Waals surface area contributed by atoms with Crippen LogP contribution in [0.15, 0.2) is 23.8 Å². The van der Waals surface area contributed by atoms with E-state index in [2.05, 4.69) is 50.8 Å². The summed E-state index contributed by atoms with van der Waals surface area (Å²) in [6.45, 7) is 6.57. The van der Waals surface area contributed by atoms with Crippen molar-refractivity contribution >= 4 is 19.0 Å².